The molecule has 2 aliphatic rings. The molecular formula is C22H24N6O3S2. The van der Waals surface area contributed by atoms with Gasteiger partial charge in [-0.1, -0.05) is 37.3 Å². The highest BCUT2D eigenvalue weighted by atomic mass is 32.2. The molecule has 0 unspecified atom stereocenters. The van der Waals surface area contributed by atoms with Gasteiger partial charge >= 0.3 is 0 Å². The second-order valence-corrected chi connectivity index (χ2v) is 11.0. The SMILES string of the molecule is CC(C)[C@H](N=C1NS(=O)(=O)c2ccccc21)C(=O)N1CCN(c2nc3cccnc3s2)CC1. The van der Waals surface area contributed by atoms with E-state index in [1.54, 1.807) is 41.8 Å². The fraction of sp³-hybridized carbons (Fsp3) is 0.364. The maximum atomic E-state index is 13.4. The first-order chi connectivity index (χ1) is 15.8. The first-order valence-electron chi connectivity index (χ1n) is 10.8. The number of thiazole rings is 1. The number of pyridine rings is 1. The van der Waals surface area contributed by atoms with Crippen molar-refractivity contribution in [3.63, 3.8) is 0 Å². The molecule has 0 radical (unpaired) electrons. The fourth-order valence-electron chi connectivity index (χ4n) is 4.06. The predicted octanol–water partition coefficient (Wildman–Crippen LogP) is 2.10. The smallest absolute Gasteiger partial charge is 0.263 e. The molecule has 1 aromatic carbocycles. The van der Waals surface area contributed by atoms with Gasteiger partial charge in [0.15, 0.2) is 5.13 Å². The van der Waals surface area contributed by atoms with E-state index in [2.05, 4.69) is 24.6 Å². The fourth-order valence-corrected chi connectivity index (χ4v) is 6.26. The van der Waals surface area contributed by atoms with Crippen molar-refractivity contribution in [1.29, 1.82) is 0 Å². The topological polar surface area (TPSA) is 108 Å². The lowest BCUT2D eigenvalue weighted by Gasteiger charge is -2.36. The van der Waals surface area contributed by atoms with Crippen LogP contribution in [-0.2, 0) is 14.8 Å². The maximum absolute atomic E-state index is 13.4. The van der Waals surface area contributed by atoms with E-state index in [0.29, 0.717) is 31.7 Å². The van der Waals surface area contributed by atoms with E-state index in [1.165, 1.54) is 0 Å². The Morgan fingerprint density at radius 2 is 1.88 bits per heavy atom. The van der Waals surface area contributed by atoms with Crippen LogP contribution in [0.5, 0.6) is 0 Å². The Labute approximate surface area is 196 Å². The number of piperazine rings is 1. The molecule has 9 nitrogen and oxygen atoms in total. The van der Waals surface area contributed by atoms with Crippen LogP contribution in [0, 0.1) is 5.92 Å². The number of carbonyl (C=O) groups is 1. The number of rotatable bonds is 4. The van der Waals surface area contributed by atoms with E-state index >= 15 is 0 Å². The molecule has 1 fully saturated rings. The van der Waals surface area contributed by atoms with Crippen LogP contribution in [0.1, 0.15) is 19.4 Å². The first-order valence-corrected chi connectivity index (χ1v) is 13.1. The Kier molecular flexibility index (Phi) is 5.53. The minimum atomic E-state index is -3.65. The van der Waals surface area contributed by atoms with E-state index < -0.39 is 16.1 Å². The van der Waals surface area contributed by atoms with Crippen LogP contribution < -0.4 is 9.62 Å². The third-order valence-electron chi connectivity index (χ3n) is 5.83. The Morgan fingerprint density at radius 1 is 1.12 bits per heavy atom. The van der Waals surface area contributed by atoms with Crippen LogP contribution in [-0.4, -0.2) is 67.2 Å². The standard InChI is InChI=1S/C22H24N6O3S2/c1-14(2)18(25-19-15-6-3-4-8-17(15)33(30,31)26-19)21(29)27-10-12-28(13-11-27)22-24-16-7-5-9-23-20(16)32-22/h3-9,14,18H,10-13H2,1-2H3,(H,25,26)/t18-/m0/s1. The summed E-state index contributed by atoms with van der Waals surface area (Å²) in [6.45, 7) is 6.29. The number of fused-ring (bicyclic) bond motifs is 2. The number of sulfonamides is 1. The van der Waals surface area contributed by atoms with Crippen molar-refractivity contribution in [2.24, 2.45) is 10.9 Å². The Morgan fingerprint density at radius 3 is 2.61 bits per heavy atom. The molecule has 11 heteroatoms. The highest BCUT2D eigenvalue weighted by molar-refractivity contribution is 7.90. The number of amides is 1. The van der Waals surface area contributed by atoms with Gasteiger partial charge in [-0.25, -0.2) is 18.4 Å². The zero-order valence-corrected chi connectivity index (χ0v) is 19.9. The lowest BCUT2D eigenvalue weighted by atomic mass is 10.0. The van der Waals surface area contributed by atoms with Gasteiger partial charge in [0.1, 0.15) is 22.2 Å². The van der Waals surface area contributed by atoms with Gasteiger partial charge in [0, 0.05) is 37.9 Å². The van der Waals surface area contributed by atoms with Crippen LogP contribution in [0.3, 0.4) is 0 Å². The normalized spacial score (nSPS) is 19.7. The molecule has 1 atom stereocenters. The quantitative estimate of drug-likeness (QED) is 0.608. The van der Waals surface area contributed by atoms with Gasteiger partial charge in [0.05, 0.1) is 4.90 Å². The average molecular weight is 485 g/mol. The number of anilines is 1. The Balaban J connectivity index is 1.32. The van der Waals surface area contributed by atoms with Crippen molar-refractivity contribution >= 4 is 48.6 Å². The molecule has 3 aromatic rings. The first kappa shape index (κ1) is 21.8. The molecule has 172 valence electrons. The molecule has 2 aromatic heterocycles. The maximum Gasteiger partial charge on any atom is 0.263 e. The Bertz CT molecular complexity index is 1310. The number of hydrogen-bond acceptors (Lipinski definition) is 8. The van der Waals surface area contributed by atoms with E-state index in [4.69, 9.17) is 0 Å². The molecule has 4 heterocycles. The summed E-state index contributed by atoms with van der Waals surface area (Å²) in [4.78, 5) is 32.1. The molecule has 33 heavy (non-hydrogen) atoms. The van der Waals surface area contributed by atoms with Crippen LogP contribution in [0.15, 0.2) is 52.5 Å². The number of amidine groups is 1. The van der Waals surface area contributed by atoms with Crippen LogP contribution in [0.25, 0.3) is 10.3 Å². The van der Waals surface area contributed by atoms with Crippen molar-refractivity contribution < 1.29 is 13.2 Å². The predicted molar refractivity (Wildman–Crippen MR) is 128 cm³/mol. The third-order valence-corrected chi connectivity index (χ3v) is 8.27. The molecule has 1 amide bonds. The minimum Gasteiger partial charge on any atom is -0.344 e. The summed E-state index contributed by atoms with van der Waals surface area (Å²) in [6, 6.07) is 9.84. The largest absolute Gasteiger partial charge is 0.344 e. The monoisotopic (exact) mass is 484 g/mol. The summed E-state index contributed by atoms with van der Waals surface area (Å²) < 4.78 is 27.3. The molecule has 2 aliphatic heterocycles. The summed E-state index contributed by atoms with van der Waals surface area (Å²) >= 11 is 1.55. The van der Waals surface area contributed by atoms with E-state index in [-0.39, 0.29) is 22.6 Å². The zero-order chi connectivity index (χ0) is 23.2. The molecule has 1 saturated heterocycles. The highest BCUT2D eigenvalue weighted by Crippen LogP contribution is 2.28. The summed E-state index contributed by atoms with van der Waals surface area (Å²) in [6.07, 6.45) is 1.76. The summed E-state index contributed by atoms with van der Waals surface area (Å²) in [5.41, 5.74) is 1.39. The zero-order valence-electron chi connectivity index (χ0n) is 18.3. The number of hydrogen-bond donors (Lipinski definition) is 1. The van der Waals surface area contributed by atoms with Gasteiger partial charge in [-0.3, -0.25) is 14.5 Å². The van der Waals surface area contributed by atoms with E-state index in [9.17, 15) is 13.2 Å². The van der Waals surface area contributed by atoms with Crippen molar-refractivity contribution in [2.45, 2.75) is 24.8 Å². The van der Waals surface area contributed by atoms with Crippen molar-refractivity contribution in [2.75, 3.05) is 31.1 Å². The number of benzene rings is 1. The summed E-state index contributed by atoms with van der Waals surface area (Å²) in [5, 5.41) is 0.911. The van der Waals surface area contributed by atoms with Crippen LogP contribution >= 0.6 is 11.3 Å². The van der Waals surface area contributed by atoms with Gasteiger partial charge in [-0.15, -0.1) is 0 Å². The van der Waals surface area contributed by atoms with Gasteiger partial charge < -0.3 is 9.80 Å². The summed E-state index contributed by atoms with van der Waals surface area (Å²) in [7, 11) is -3.65. The molecule has 0 spiro atoms. The number of aromatic nitrogens is 2. The van der Waals surface area contributed by atoms with Gasteiger partial charge in [-0.2, -0.15) is 0 Å². The highest BCUT2D eigenvalue weighted by Gasteiger charge is 2.34. The molecule has 0 bridgehead atoms. The molecule has 0 saturated carbocycles. The van der Waals surface area contributed by atoms with Crippen molar-refractivity contribution in [1.82, 2.24) is 19.6 Å². The van der Waals surface area contributed by atoms with Crippen molar-refractivity contribution in [3.8, 4) is 0 Å². The van der Waals surface area contributed by atoms with Gasteiger partial charge in [0.2, 0.25) is 5.91 Å². The average Bonchev–Trinajstić information content (AvgIpc) is 3.36. The van der Waals surface area contributed by atoms with Crippen LogP contribution in [0.2, 0.25) is 0 Å². The summed E-state index contributed by atoms with van der Waals surface area (Å²) in [5.74, 6) is 0.0561. The Hall–Kier alpha value is -3.05. The van der Waals surface area contributed by atoms with Crippen LogP contribution in [0.4, 0.5) is 5.13 Å². The molecule has 1 N–H and O–H groups in total. The molecule has 5 rings (SSSR count). The molecule has 0 aliphatic carbocycles. The third kappa shape index (κ3) is 4.06. The van der Waals surface area contributed by atoms with Gasteiger partial charge in [-0.05, 0) is 30.2 Å². The van der Waals surface area contributed by atoms with E-state index in [0.717, 1.165) is 15.5 Å². The number of carbonyl (C=O) groups excluding carboxylic acids is 1. The minimum absolute atomic E-state index is 0.0874. The van der Waals surface area contributed by atoms with E-state index in [1.807, 2.05) is 30.9 Å². The lowest BCUT2D eigenvalue weighted by Crippen LogP contribution is -2.52. The van der Waals surface area contributed by atoms with Gasteiger partial charge in [0.25, 0.3) is 10.0 Å². The second kappa shape index (κ2) is 8.38. The second-order valence-electron chi connectivity index (χ2n) is 8.40. The lowest BCUT2D eigenvalue weighted by molar-refractivity contribution is -0.133. The molecular weight excluding hydrogens is 460 g/mol. The number of aliphatic imine (C=N–C) groups is 1. The number of nitrogens with zero attached hydrogens (tertiary/aromatic N) is 5. The van der Waals surface area contributed by atoms with Crippen molar-refractivity contribution in [3.05, 3.63) is 48.2 Å². The number of nitrogens with one attached hydrogen (secondary N) is 1.